The van der Waals surface area contributed by atoms with Crippen molar-refractivity contribution in [2.24, 2.45) is 0 Å². The van der Waals surface area contributed by atoms with Crippen LogP contribution in [-0.4, -0.2) is 5.88 Å². The number of hydrogen-bond acceptors (Lipinski definition) is 0. The molecule has 0 fully saturated rings. The van der Waals surface area contributed by atoms with Crippen molar-refractivity contribution in [3.05, 3.63) is 68.7 Å². The predicted octanol–water partition coefficient (Wildman–Crippen LogP) is 6.99. The van der Waals surface area contributed by atoms with Crippen molar-refractivity contribution >= 4 is 68.6 Å². The van der Waals surface area contributed by atoms with Gasteiger partial charge >= 0.3 is 0 Å². The van der Waals surface area contributed by atoms with Crippen LogP contribution >= 0.6 is 58.0 Å². The van der Waals surface area contributed by atoms with E-state index in [-0.39, 0.29) is 5.88 Å². The van der Waals surface area contributed by atoms with E-state index in [2.05, 4.69) is 0 Å². The van der Waals surface area contributed by atoms with Crippen LogP contribution in [-0.2, 0) is 0 Å². The van der Waals surface area contributed by atoms with E-state index in [9.17, 15) is 0 Å². The van der Waals surface area contributed by atoms with E-state index in [0.29, 0.717) is 20.1 Å². The number of halogens is 5. The minimum atomic E-state index is 0.239. The number of alkyl halides is 1. The van der Waals surface area contributed by atoms with E-state index in [0.717, 1.165) is 16.7 Å². The zero-order valence-corrected chi connectivity index (χ0v) is 13.9. The molecule has 0 saturated heterocycles. The van der Waals surface area contributed by atoms with Crippen LogP contribution in [0, 0.1) is 0 Å². The maximum Gasteiger partial charge on any atom is 0.0529 e. The first-order chi connectivity index (χ1) is 9.52. The van der Waals surface area contributed by atoms with Crippen LogP contribution in [0.1, 0.15) is 11.1 Å². The Morgan fingerprint density at radius 3 is 2.00 bits per heavy atom. The van der Waals surface area contributed by atoms with Gasteiger partial charge in [-0.3, -0.25) is 0 Å². The predicted molar refractivity (Wildman–Crippen MR) is 91.3 cm³/mol. The van der Waals surface area contributed by atoms with Crippen LogP contribution in [0.4, 0.5) is 0 Å². The maximum absolute atomic E-state index is 6.43. The van der Waals surface area contributed by atoms with Gasteiger partial charge in [0.1, 0.15) is 0 Å². The second-order valence-electron chi connectivity index (χ2n) is 4.06. The van der Waals surface area contributed by atoms with Gasteiger partial charge in [0.15, 0.2) is 0 Å². The lowest BCUT2D eigenvalue weighted by Gasteiger charge is -2.11. The summed E-state index contributed by atoms with van der Waals surface area (Å²) in [5.74, 6) is 0.239. The highest BCUT2D eigenvalue weighted by Crippen LogP contribution is 2.35. The Labute approximate surface area is 142 Å². The van der Waals surface area contributed by atoms with E-state index in [1.807, 2.05) is 12.1 Å². The van der Waals surface area contributed by atoms with Crippen molar-refractivity contribution in [2.75, 3.05) is 5.88 Å². The molecule has 2 aromatic carbocycles. The third kappa shape index (κ3) is 3.63. The average Bonchev–Trinajstić information content (AvgIpc) is 2.42. The summed E-state index contributed by atoms with van der Waals surface area (Å²) in [5, 5.41) is 2.27. The van der Waals surface area contributed by atoms with Gasteiger partial charge in [-0.05, 0) is 41.0 Å². The molecule has 0 aliphatic heterocycles. The summed E-state index contributed by atoms with van der Waals surface area (Å²) < 4.78 is 0. The number of allylic oxidation sites excluding steroid dienone is 1. The van der Waals surface area contributed by atoms with Gasteiger partial charge in [-0.25, -0.2) is 0 Å². The van der Waals surface area contributed by atoms with Gasteiger partial charge < -0.3 is 0 Å². The Balaban J connectivity index is 2.54. The third-order valence-electron chi connectivity index (χ3n) is 2.75. The van der Waals surface area contributed by atoms with E-state index in [1.54, 1.807) is 30.3 Å². The molecular formula is C15H9Cl5. The molecule has 0 spiro atoms. The lowest BCUT2D eigenvalue weighted by atomic mass is 10.0. The molecule has 0 radical (unpaired) electrons. The van der Waals surface area contributed by atoms with Crippen molar-refractivity contribution in [1.29, 1.82) is 0 Å². The third-order valence-corrected chi connectivity index (χ3v) is 4.27. The normalized spacial score (nSPS) is 12.2. The number of benzene rings is 2. The zero-order chi connectivity index (χ0) is 14.7. The Hall–Kier alpha value is -0.370. The molecule has 2 aromatic rings. The van der Waals surface area contributed by atoms with E-state index < -0.39 is 0 Å². The van der Waals surface area contributed by atoms with Crippen LogP contribution in [0.3, 0.4) is 0 Å². The minimum absolute atomic E-state index is 0.239. The van der Waals surface area contributed by atoms with Crippen molar-refractivity contribution in [1.82, 2.24) is 0 Å². The van der Waals surface area contributed by atoms with Crippen molar-refractivity contribution in [3.63, 3.8) is 0 Å². The van der Waals surface area contributed by atoms with Gasteiger partial charge in [0.05, 0.1) is 5.03 Å². The first kappa shape index (κ1) is 16.0. The first-order valence-corrected chi connectivity index (χ1v) is 7.73. The van der Waals surface area contributed by atoms with Crippen molar-refractivity contribution in [2.45, 2.75) is 0 Å². The molecule has 0 heterocycles. The average molecular weight is 367 g/mol. The molecule has 0 aromatic heterocycles. The van der Waals surface area contributed by atoms with Gasteiger partial charge in [-0.2, -0.15) is 0 Å². The minimum Gasteiger partial charge on any atom is -0.121 e. The highest BCUT2D eigenvalue weighted by atomic mass is 35.5. The maximum atomic E-state index is 6.43. The van der Waals surface area contributed by atoms with Gasteiger partial charge in [0.25, 0.3) is 0 Å². The van der Waals surface area contributed by atoms with Gasteiger partial charge in [0, 0.05) is 20.9 Å². The lowest BCUT2D eigenvalue weighted by Crippen LogP contribution is -1.91. The Morgan fingerprint density at radius 2 is 1.45 bits per heavy atom. The van der Waals surface area contributed by atoms with Crippen LogP contribution in [0.2, 0.25) is 15.1 Å². The van der Waals surface area contributed by atoms with Crippen LogP contribution in [0.15, 0.2) is 42.5 Å². The molecule has 20 heavy (non-hydrogen) atoms. The lowest BCUT2D eigenvalue weighted by molar-refractivity contribution is 1.56. The summed E-state index contributed by atoms with van der Waals surface area (Å²) in [4.78, 5) is 0. The summed E-state index contributed by atoms with van der Waals surface area (Å²) >= 11 is 30.4. The molecule has 0 aliphatic carbocycles. The molecule has 0 atom stereocenters. The largest absolute Gasteiger partial charge is 0.121 e. The van der Waals surface area contributed by atoms with Gasteiger partial charge in [-0.15, -0.1) is 11.6 Å². The molecule has 0 saturated carbocycles. The van der Waals surface area contributed by atoms with Crippen LogP contribution < -0.4 is 0 Å². The molecule has 0 bridgehead atoms. The Morgan fingerprint density at radius 1 is 0.850 bits per heavy atom. The smallest absolute Gasteiger partial charge is 0.0529 e. The highest BCUT2D eigenvalue weighted by Gasteiger charge is 2.12. The fraction of sp³-hybridized carbons (Fsp3) is 0.0667. The second-order valence-corrected chi connectivity index (χ2v) is 5.98. The Kier molecular flexibility index (Phi) is 5.65. The molecule has 104 valence electrons. The molecular weight excluding hydrogens is 357 g/mol. The number of hydrogen-bond donors (Lipinski definition) is 0. The quantitative estimate of drug-likeness (QED) is 0.405. The highest BCUT2D eigenvalue weighted by molar-refractivity contribution is 6.54. The van der Waals surface area contributed by atoms with Crippen molar-refractivity contribution < 1.29 is 0 Å². The van der Waals surface area contributed by atoms with Crippen LogP contribution in [0.25, 0.3) is 10.6 Å². The molecule has 0 aliphatic rings. The fourth-order valence-corrected chi connectivity index (χ4v) is 3.04. The zero-order valence-electron chi connectivity index (χ0n) is 10.1. The molecule has 0 unspecified atom stereocenters. The Bertz CT molecular complexity index is 644. The fourth-order valence-electron chi connectivity index (χ4n) is 1.75. The van der Waals surface area contributed by atoms with E-state index >= 15 is 0 Å². The monoisotopic (exact) mass is 364 g/mol. The first-order valence-electron chi connectivity index (χ1n) is 5.69. The number of rotatable bonds is 3. The molecule has 5 heteroatoms. The standard InChI is InChI=1S/C15H9Cl5/c16-8-13(12-6-5-11(18)7-14(12)19)15(20)9-1-3-10(17)4-2-9/h1-7H,8H2. The summed E-state index contributed by atoms with van der Waals surface area (Å²) in [7, 11) is 0. The van der Waals surface area contributed by atoms with Gasteiger partial charge in [0.2, 0.25) is 0 Å². The molecule has 0 nitrogen and oxygen atoms in total. The molecule has 2 rings (SSSR count). The van der Waals surface area contributed by atoms with E-state index in [4.69, 9.17) is 58.0 Å². The second kappa shape index (κ2) is 7.06. The SMILES string of the molecule is ClCC(=C(Cl)c1ccc(Cl)cc1)c1ccc(Cl)cc1Cl. The van der Waals surface area contributed by atoms with Crippen LogP contribution in [0.5, 0.6) is 0 Å². The van der Waals surface area contributed by atoms with Gasteiger partial charge in [-0.1, -0.05) is 64.6 Å². The summed E-state index contributed by atoms with van der Waals surface area (Å²) in [6.07, 6.45) is 0. The molecule has 0 N–H and O–H groups in total. The topological polar surface area (TPSA) is 0 Å². The summed E-state index contributed by atoms with van der Waals surface area (Å²) in [6, 6.07) is 12.4. The summed E-state index contributed by atoms with van der Waals surface area (Å²) in [5.41, 5.74) is 2.35. The summed E-state index contributed by atoms with van der Waals surface area (Å²) in [6.45, 7) is 0. The van der Waals surface area contributed by atoms with E-state index in [1.165, 1.54) is 0 Å². The van der Waals surface area contributed by atoms with Crippen molar-refractivity contribution in [3.8, 4) is 0 Å². The molecule has 0 amide bonds.